The Morgan fingerprint density at radius 3 is 2.72 bits per heavy atom. The fourth-order valence-corrected chi connectivity index (χ4v) is 6.32. The molecule has 1 saturated heterocycles. The molecule has 0 spiro atoms. The fourth-order valence-electron chi connectivity index (χ4n) is 4.22. The maximum absolute atomic E-state index is 12.8. The Morgan fingerprint density at radius 2 is 1.94 bits per heavy atom. The number of anilines is 1. The van der Waals surface area contributed by atoms with Crippen LogP contribution in [0.1, 0.15) is 26.2 Å². The van der Waals surface area contributed by atoms with E-state index in [-0.39, 0.29) is 11.5 Å². The summed E-state index contributed by atoms with van der Waals surface area (Å²) in [5.74, 6) is 1.95. The monoisotopic (exact) mass is 470 g/mol. The number of nitrogens with one attached hydrogen (secondary N) is 1. The van der Waals surface area contributed by atoms with Gasteiger partial charge >= 0.3 is 5.69 Å². The number of aromatic amines is 1. The predicted molar refractivity (Wildman–Crippen MR) is 131 cm³/mol. The molecule has 5 rings (SSSR count). The summed E-state index contributed by atoms with van der Waals surface area (Å²) < 4.78 is 5.71. The highest BCUT2D eigenvalue weighted by Crippen LogP contribution is 2.31. The number of H-pyrrole nitrogens is 1. The minimum Gasteiger partial charge on any atom is -0.342 e. The number of hydrogen-bond acceptors (Lipinski definition) is 7. The van der Waals surface area contributed by atoms with E-state index in [0.29, 0.717) is 17.7 Å². The van der Waals surface area contributed by atoms with Crippen LogP contribution >= 0.6 is 23.1 Å². The largest absolute Gasteiger partial charge is 0.342 e. The number of thiazole rings is 1. The van der Waals surface area contributed by atoms with Crippen LogP contribution in [0.2, 0.25) is 0 Å². The first-order chi connectivity index (χ1) is 15.5. The normalized spacial score (nSPS) is 15.6. The molecule has 1 fully saturated rings. The number of piperidine rings is 1. The summed E-state index contributed by atoms with van der Waals surface area (Å²) in [6.45, 7) is 4.68. The lowest BCUT2D eigenvalue weighted by molar-refractivity contribution is 0.514. The van der Waals surface area contributed by atoms with Gasteiger partial charge in [0.05, 0.1) is 10.2 Å². The van der Waals surface area contributed by atoms with Crippen LogP contribution in [0.5, 0.6) is 0 Å². The third-order valence-electron chi connectivity index (χ3n) is 5.89. The van der Waals surface area contributed by atoms with Crippen molar-refractivity contribution in [1.29, 1.82) is 0 Å². The van der Waals surface area contributed by atoms with Crippen molar-refractivity contribution in [3.63, 3.8) is 0 Å². The SMILES string of the molecule is CC(CSc1nc2ccccc2s1)Cn1c(N2CCCCC2)nc2c1c(=O)[nH]c(=O)n2C. The molecule has 168 valence electrons. The van der Waals surface area contributed by atoms with Crippen LogP contribution in [-0.4, -0.2) is 42.9 Å². The van der Waals surface area contributed by atoms with Crippen LogP contribution in [0.4, 0.5) is 5.95 Å². The molecule has 0 bridgehead atoms. The average Bonchev–Trinajstić information content (AvgIpc) is 3.38. The van der Waals surface area contributed by atoms with Gasteiger partial charge in [-0.25, -0.2) is 9.78 Å². The molecule has 1 aromatic carbocycles. The van der Waals surface area contributed by atoms with Gasteiger partial charge in [0.1, 0.15) is 0 Å². The minimum absolute atomic E-state index is 0.282. The van der Waals surface area contributed by atoms with Gasteiger partial charge in [-0.3, -0.25) is 14.3 Å². The molecule has 0 radical (unpaired) electrons. The molecule has 32 heavy (non-hydrogen) atoms. The Bertz CT molecular complexity index is 1350. The van der Waals surface area contributed by atoms with Crippen molar-refractivity contribution >= 4 is 50.4 Å². The van der Waals surface area contributed by atoms with Crippen LogP contribution in [0.3, 0.4) is 0 Å². The zero-order valence-corrected chi connectivity index (χ0v) is 19.8. The summed E-state index contributed by atoms with van der Waals surface area (Å²) in [7, 11) is 1.66. The molecule has 8 nitrogen and oxygen atoms in total. The molecule has 4 heterocycles. The number of aryl methyl sites for hydroxylation is 1. The maximum Gasteiger partial charge on any atom is 0.329 e. The van der Waals surface area contributed by atoms with E-state index in [9.17, 15) is 9.59 Å². The smallest absolute Gasteiger partial charge is 0.329 e. The highest BCUT2D eigenvalue weighted by molar-refractivity contribution is 8.01. The lowest BCUT2D eigenvalue weighted by atomic mass is 10.1. The number of rotatable bonds is 6. The van der Waals surface area contributed by atoms with Gasteiger partial charge in [-0.1, -0.05) is 30.8 Å². The number of nitrogens with zero attached hydrogens (tertiary/aromatic N) is 5. The van der Waals surface area contributed by atoms with Gasteiger partial charge in [0, 0.05) is 32.4 Å². The first-order valence-electron chi connectivity index (χ1n) is 10.9. The lowest BCUT2D eigenvalue weighted by Gasteiger charge is -2.28. The van der Waals surface area contributed by atoms with Crippen molar-refractivity contribution in [3.8, 4) is 0 Å². The van der Waals surface area contributed by atoms with Crippen LogP contribution in [-0.2, 0) is 13.6 Å². The molecule has 1 atom stereocenters. The second-order valence-corrected chi connectivity index (χ2v) is 10.7. The van der Waals surface area contributed by atoms with Crippen molar-refractivity contribution < 1.29 is 0 Å². The summed E-state index contributed by atoms with van der Waals surface area (Å²) in [6.07, 6.45) is 3.44. The highest BCUT2D eigenvalue weighted by Gasteiger charge is 2.24. The molecule has 0 saturated carbocycles. The Balaban J connectivity index is 1.44. The zero-order chi connectivity index (χ0) is 22.2. The first-order valence-corrected chi connectivity index (χ1v) is 12.7. The third-order valence-corrected chi connectivity index (χ3v) is 8.39. The number of benzene rings is 1. The number of fused-ring (bicyclic) bond motifs is 2. The van der Waals surface area contributed by atoms with Crippen molar-refractivity contribution in [2.45, 2.75) is 37.1 Å². The molecule has 0 amide bonds. The first kappa shape index (κ1) is 21.3. The molecular formula is C22H26N6O2S2. The summed E-state index contributed by atoms with van der Waals surface area (Å²) in [5, 5.41) is 0. The van der Waals surface area contributed by atoms with Crippen LogP contribution in [0, 0.1) is 5.92 Å². The van der Waals surface area contributed by atoms with E-state index >= 15 is 0 Å². The fraction of sp³-hybridized carbons (Fsp3) is 0.455. The maximum atomic E-state index is 12.8. The van der Waals surface area contributed by atoms with Gasteiger partial charge in [-0.05, 0) is 37.3 Å². The number of para-hydroxylation sites is 1. The number of hydrogen-bond donors (Lipinski definition) is 1. The topological polar surface area (TPSA) is 88.8 Å². The highest BCUT2D eigenvalue weighted by atomic mass is 32.2. The quantitative estimate of drug-likeness (QED) is 0.434. The van der Waals surface area contributed by atoms with Crippen LogP contribution in [0.25, 0.3) is 21.4 Å². The second kappa shape index (κ2) is 8.74. The number of aromatic nitrogens is 5. The van der Waals surface area contributed by atoms with Gasteiger partial charge in [0.2, 0.25) is 5.95 Å². The van der Waals surface area contributed by atoms with Crippen molar-refractivity contribution in [1.82, 2.24) is 24.1 Å². The van der Waals surface area contributed by atoms with Crippen LogP contribution < -0.4 is 16.1 Å². The lowest BCUT2D eigenvalue weighted by Crippen LogP contribution is -2.33. The van der Waals surface area contributed by atoms with E-state index in [1.807, 2.05) is 22.8 Å². The van der Waals surface area contributed by atoms with E-state index < -0.39 is 5.69 Å². The molecule has 0 aliphatic carbocycles. The molecular weight excluding hydrogens is 444 g/mol. The van der Waals surface area contributed by atoms with Gasteiger partial charge in [0.15, 0.2) is 15.5 Å². The summed E-state index contributed by atoms with van der Waals surface area (Å²) >= 11 is 3.46. The molecule has 1 unspecified atom stereocenters. The summed E-state index contributed by atoms with van der Waals surface area (Å²) in [4.78, 5) is 39.1. The third kappa shape index (κ3) is 3.97. The predicted octanol–water partition coefficient (Wildman–Crippen LogP) is 3.45. The number of imidazole rings is 1. The van der Waals surface area contributed by atoms with Gasteiger partial charge in [0.25, 0.3) is 5.56 Å². The Kier molecular flexibility index (Phi) is 5.81. The molecule has 4 aromatic rings. The molecule has 10 heteroatoms. The van der Waals surface area contributed by atoms with Crippen molar-refractivity contribution in [2.75, 3.05) is 23.7 Å². The Labute approximate surface area is 193 Å². The van der Waals surface area contributed by atoms with Crippen molar-refractivity contribution in [2.24, 2.45) is 13.0 Å². The molecule has 1 aliphatic rings. The van der Waals surface area contributed by atoms with E-state index in [1.165, 1.54) is 15.7 Å². The van der Waals surface area contributed by atoms with Gasteiger partial charge in [-0.2, -0.15) is 4.98 Å². The summed E-state index contributed by atoms with van der Waals surface area (Å²) in [6, 6.07) is 8.18. The van der Waals surface area contributed by atoms with Crippen LogP contribution in [0.15, 0.2) is 38.2 Å². The zero-order valence-electron chi connectivity index (χ0n) is 18.2. The van der Waals surface area contributed by atoms with E-state index in [0.717, 1.165) is 47.5 Å². The molecule has 1 aliphatic heterocycles. The number of thioether (sulfide) groups is 1. The Morgan fingerprint density at radius 1 is 1.16 bits per heavy atom. The molecule has 1 N–H and O–H groups in total. The standard InChI is InChI=1S/C22H26N6O2S2/c1-14(13-31-22-23-15-8-4-5-9-16(15)32-22)12-28-17-18(26(2)21(30)25-19(17)29)24-20(28)27-10-6-3-7-11-27/h4-5,8-9,14H,3,6-7,10-13H2,1-2H3,(H,25,29,30). The molecule has 3 aromatic heterocycles. The average molecular weight is 471 g/mol. The van der Waals surface area contributed by atoms with E-state index in [1.54, 1.807) is 30.1 Å². The summed E-state index contributed by atoms with van der Waals surface area (Å²) in [5.41, 5.74) is 1.16. The van der Waals surface area contributed by atoms with E-state index in [4.69, 9.17) is 9.97 Å². The van der Waals surface area contributed by atoms with Gasteiger partial charge < -0.3 is 9.47 Å². The minimum atomic E-state index is -0.434. The van der Waals surface area contributed by atoms with Gasteiger partial charge in [-0.15, -0.1) is 11.3 Å². The second-order valence-electron chi connectivity index (χ2n) is 8.42. The van der Waals surface area contributed by atoms with Crippen molar-refractivity contribution in [3.05, 3.63) is 45.1 Å². The Hall–Kier alpha value is -2.59. The van der Waals surface area contributed by atoms with E-state index in [2.05, 4.69) is 22.9 Å².